The van der Waals surface area contributed by atoms with Crippen molar-refractivity contribution >= 4 is 23.2 Å². The Balaban J connectivity index is 1.52. The van der Waals surface area contributed by atoms with Gasteiger partial charge in [-0.25, -0.2) is 4.98 Å². The number of rotatable bonds is 8. The number of nitrogens with one attached hydrogen (secondary N) is 2. The molecule has 0 spiro atoms. The van der Waals surface area contributed by atoms with Crippen LogP contribution in [0.2, 0.25) is 0 Å². The second-order valence-corrected chi connectivity index (χ2v) is 6.74. The van der Waals surface area contributed by atoms with Gasteiger partial charge < -0.3 is 29.3 Å². The lowest BCUT2D eigenvalue weighted by molar-refractivity contribution is -0.274. The lowest BCUT2D eigenvalue weighted by Crippen LogP contribution is -2.16. The van der Waals surface area contributed by atoms with Gasteiger partial charge in [-0.15, -0.1) is 18.3 Å². The van der Waals surface area contributed by atoms with Crippen LogP contribution in [0.1, 0.15) is 0 Å². The van der Waals surface area contributed by atoms with Crippen LogP contribution in [0, 0.1) is 0 Å². The van der Waals surface area contributed by atoms with Gasteiger partial charge in [-0.3, -0.25) is 0 Å². The maximum Gasteiger partial charge on any atom is 0.573 e. The van der Waals surface area contributed by atoms with Gasteiger partial charge in [-0.1, -0.05) is 5.10 Å². The summed E-state index contributed by atoms with van der Waals surface area (Å²) in [6.07, 6.45) is -3.16. The first-order valence-electron chi connectivity index (χ1n) is 9.75. The monoisotopic (exact) mass is 473 g/mol. The lowest BCUT2D eigenvalue weighted by Gasteiger charge is -2.11. The average molecular weight is 473 g/mol. The predicted octanol–water partition coefficient (Wildman–Crippen LogP) is 5.53. The Bertz CT molecular complexity index is 1240. The minimum absolute atomic E-state index is 0.0392. The van der Waals surface area contributed by atoms with Crippen molar-refractivity contribution in [2.45, 2.75) is 6.36 Å². The van der Waals surface area contributed by atoms with Gasteiger partial charge in [0.15, 0.2) is 0 Å². The quantitative estimate of drug-likeness (QED) is 0.342. The number of methoxy groups -OCH3 is 2. The van der Waals surface area contributed by atoms with E-state index in [9.17, 15) is 13.2 Å². The highest BCUT2D eigenvalue weighted by Crippen LogP contribution is 2.32. The molecule has 0 aliphatic heterocycles. The van der Waals surface area contributed by atoms with Crippen molar-refractivity contribution in [1.82, 2.24) is 15.2 Å². The van der Waals surface area contributed by atoms with Crippen molar-refractivity contribution < 1.29 is 31.8 Å². The van der Waals surface area contributed by atoms with Crippen LogP contribution < -0.4 is 24.8 Å². The first kappa shape index (κ1) is 22.7. The summed E-state index contributed by atoms with van der Waals surface area (Å²) in [4.78, 5) is 4.35. The number of pyridine rings is 1. The van der Waals surface area contributed by atoms with Gasteiger partial charge in [0, 0.05) is 35.8 Å². The van der Waals surface area contributed by atoms with Gasteiger partial charge in [-0.05, 0) is 36.4 Å². The molecular formula is C22H18F3N5O4. The SMILES string of the molecule is COc1cc(Nc2ncccc2-c2nnc(Nc3ccc(OC(F)(F)F)cc3)o2)cc(OC)c1. The van der Waals surface area contributed by atoms with E-state index in [0.29, 0.717) is 34.3 Å². The van der Waals surface area contributed by atoms with Crippen molar-refractivity contribution in [3.05, 3.63) is 60.8 Å². The molecule has 0 saturated carbocycles. The molecule has 34 heavy (non-hydrogen) atoms. The standard InChI is InChI=1S/C22H18F3N5O4/c1-31-16-10-14(11-17(12-16)32-2)27-19-18(4-3-9-26-19)20-29-30-21(33-20)28-13-5-7-15(8-6-13)34-22(23,24)25/h3-12H,1-2H3,(H,26,27)(H,28,30). The highest BCUT2D eigenvalue weighted by Gasteiger charge is 2.31. The fourth-order valence-electron chi connectivity index (χ4n) is 2.94. The number of halogens is 3. The third kappa shape index (κ3) is 5.65. The smallest absolute Gasteiger partial charge is 0.497 e. The molecule has 2 N–H and O–H groups in total. The van der Waals surface area contributed by atoms with Crippen LogP contribution in [0.15, 0.2) is 65.2 Å². The Morgan fingerprint density at radius 1 is 0.824 bits per heavy atom. The van der Waals surface area contributed by atoms with E-state index in [2.05, 4.69) is 30.6 Å². The summed E-state index contributed by atoms with van der Waals surface area (Å²) in [5, 5.41) is 14.0. The maximum atomic E-state index is 12.3. The number of ether oxygens (including phenoxy) is 3. The lowest BCUT2D eigenvalue weighted by atomic mass is 10.2. The molecule has 0 aliphatic carbocycles. The normalized spacial score (nSPS) is 11.1. The van der Waals surface area contributed by atoms with E-state index in [0.717, 1.165) is 0 Å². The Kier molecular flexibility index (Phi) is 6.39. The summed E-state index contributed by atoms with van der Waals surface area (Å²) in [5.74, 6) is 1.46. The van der Waals surface area contributed by atoms with E-state index in [1.807, 2.05) is 0 Å². The van der Waals surface area contributed by atoms with E-state index in [-0.39, 0.29) is 17.7 Å². The van der Waals surface area contributed by atoms with Crippen LogP contribution in [0.25, 0.3) is 11.5 Å². The summed E-state index contributed by atoms with van der Waals surface area (Å²) >= 11 is 0. The van der Waals surface area contributed by atoms with Crippen molar-refractivity contribution in [3.8, 4) is 28.7 Å². The molecule has 0 amide bonds. The van der Waals surface area contributed by atoms with Crippen molar-refractivity contribution in [2.75, 3.05) is 24.9 Å². The van der Waals surface area contributed by atoms with Crippen molar-refractivity contribution in [2.24, 2.45) is 0 Å². The summed E-state index contributed by atoms with van der Waals surface area (Å²) in [6, 6.07) is 13.9. The zero-order chi connectivity index (χ0) is 24.1. The van der Waals surface area contributed by atoms with Crippen LogP contribution in [0.3, 0.4) is 0 Å². The second kappa shape index (κ2) is 9.57. The van der Waals surface area contributed by atoms with E-state index in [1.165, 1.54) is 24.3 Å². The number of alkyl halides is 3. The molecule has 2 aromatic carbocycles. The van der Waals surface area contributed by atoms with Crippen molar-refractivity contribution in [3.63, 3.8) is 0 Å². The molecule has 4 rings (SSSR count). The van der Waals surface area contributed by atoms with Gasteiger partial charge in [0.25, 0.3) is 5.89 Å². The molecule has 4 aromatic rings. The third-order valence-electron chi connectivity index (χ3n) is 4.42. The first-order chi connectivity index (χ1) is 16.3. The Labute approximate surface area is 191 Å². The molecule has 0 unspecified atom stereocenters. The molecule has 2 aromatic heterocycles. The average Bonchev–Trinajstić information content (AvgIpc) is 3.27. The fourth-order valence-corrected chi connectivity index (χ4v) is 2.94. The minimum atomic E-state index is -4.76. The van der Waals surface area contributed by atoms with E-state index < -0.39 is 6.36 Å². The Hall–Kier alpha value is -4.48. The van der Waals surface area contributed by atoms with Gasteiger partial charge in [-0.2, -0.15) is 0 Å². The van der Waals surface area contributed by atoms with Crippen LogP contribution in [0.4, 0.5) is 36.4 Å². The number of benzene rings is 2. The van der Waals surface area contributed by atoms with Gasteiger partial charge in [0.05, 0.1) is 19.8 Å². The molecular weight excluding hydrogens is 455 g/mol. The predicted molar refractivity (Wildman–Crippen MR) is 117 cm³/mol. The Morgan fingerprint density at radius 3 is 2.18 bits per heavy atom. The minimum Gasteiger partial charge on any atom is -0.497 e. The zero-order valence-electron chi connectivity index (χ0n) is 17.9. The maximum absolute atomic E-state index is 12.3. The largest absolute Gasteiger partial charge is 0.573 e. The molecule has 0 fully saturated rings. The van der Waals surface area contributed by atoms with E-state index in [1.54, 1.807) is 50.7 Å². The summed E-state index contributed by atoms with van der Waals surface area (Å²) in [6.45, 7) is 0. The van der Waals surface area contributed by atoms with E-state index in [4.69, 9.17) is 13.9 Å². The summed E-state index contributed by atoms with van der Waals surface area (Å²) in [5.41, 5.74) is 1.62. The Morgan fingerprint density at radius 2 is 1.53 bits per heavy atom. The highest BCUT2D eigenvalue weighted by atomic mass is 19.4. The second-order valence-electron chi connectivity index (χ2n) is 6.74. The van der Waals surface area contributed by atoms with Crippen LogP contribution in [-0.2, 0) is 0 Å². The molecule has 0 radical (unpaired) electrons. The summed E-state index contributed by atoms with van der Waals surface area (Å²) < 4.78 is 57.0. The van der Waals surface area contributed by atoms with E-state index >= 15 is 0 Å². The third-order valence-corrected chi connectivity index (χ3v) is 4.42. The molecule has 0 saturated heterocycles. The molecule has 0 atom stereocenters. The molecule has 9 nitrogen and oxygen atoms in total. The fraction of sp³-hybridized carbons (Fsp3) is 0.136. The van der Waals surface area contributed by atoms with Crippen LogP contribution >= 0.6 is 0 Å². The molecule has 176 valence electrons. The number of hydrogen-bond acceptors (Lipinski definition) is 9. The molecule has 0 bridgehead atoms. The van der Waals surface area contributed by atoms with Gasteiger partial charge >= 0.3 is 12.4 Å². The highest BCUT2D eigenvalue weighted by molar-refractivity contribution is 5.74. The molecule has 12 heteroatoms. The van der Waals surface area contributed by atoms with Crippen LogP contribution in [-0.4, -0.2) is 35.8 Å². The first-order valence-corrected chi connectivity index (χ1v) is 9.75. The van der Waals surface area contributed by atoms with Crippen LogP contribution in [0.5, 0.6) is 17.2 Å². The van der Waals surface area contributed by atoms with Crippen molar-refractivity contribution in [1.29, 1.82) is 0 Å². The topological polar surface area (TPSA) is 104 Å². The number of nitrogens with zero attached hydrogens (tertiary/aromatic N) is 3. The number of hydrogen-bond donors (Lipinski definition) is 2. The molecule has 2 heterocycles. The summed E-state index contributed by atoms with van der Waals surface area (Å²) in [7, 11) is 3.10. The molecule has 0 aliphatic rings. The number of aromatic nitrogens is 3. The van der Waals surface area contributed by atoms with Gasteiger partial charge in [0.1, 0.15) is 23.1 Å². The zero-order valence-corrected chi connectivity index (χ0v) is 17.9. The number of anilines is 4. The van der Waals surface area contributed by atoms with Gasteiger partial charge in [0.2, 0.25) is 0 Å².